The van der Waals surface area contributed by atoms with Crippen LogP contribution >= 0.6 is 11.8 Å². The first-order chi connectivity index (χ1) is 10.9. The normalized spacial score (nSPS) is 12.0. The van der Waals surface area contributed by atoms with Gasteiger partial charge in [0.1, 0.15) is 9.94 Å². The van der Waals surface area contributed by atoms with Gasteiger partial charge in [0.05, 0.1) is 0 Å². The van der Waals surface area contributed by atoms with Crippen molar-refractivity contribution in [1.29, 1.82) is 0 Å². The van der Waals surface area contributed by atoms with Gasteiger partial charge in [-0.15, -0.1) is 0 Å². The van der Waals surface area contributed by atoms with Gasteiger partial charge in [0.15, 0.2) is 0 Å². The first kappa shape index (κ1) is 17.3. The summed E-state index contributed by atoms with van der Waals surface area (Å²) in [7, 11) is -3.91. The summed E-state index contributed by atoms with van der Waals surface area (Å²) >= 11 is 1.34. The van der Waals surface area contributed by atoms with E-state index in [2.05, 4.69) is 11.7 Å². The molecule has 0 fully saturated rings. The molecule has 0 unspecified atom stereocenters. The van der Waals surface area contributed by atoms with Crippen LogP contribution in [-0.4, -0.2) is 13.5 Å². The molecule has 0 aromatic heterocycles. The molecule has 2 aromatic carbocycles. The smallest absolute Gasteiger partial charge is 0.264 e. The lowest BCUT2D eigenvalue weighted by Gasteiger charge is -2.04. The topological polar surface area (TPSA) is 55.7 Å². The number of benzene rings is 2. The van der Waals surface area contributed by atoms with Crippen molar-refractivity contribution in [2.75, 3.05) is 0 Å². The van der Waals surface area contributed by atoms with E-state index in [0.717, 1.165) is 16.0 Å². The second-order valence-electron chi connectivity index (χ2n) is 4.83. The zero-order chi connectivity index (χ0) is 16.9. The molecule has 0 spiro atoms. The monoisotopic (exact) mass is 347 g/mol. The molecule has 6 heteroatoms. The maximum absolute atomic E-state index is 12.1. The fraction of sp³-hybridized carbons (Fsp3) is 0.118. The van der Waals surface area contributed by atoms with Crippen molar-refractivity contribution in [1.82, 2.24) is 0 Å². The molecule has 0 atom stereocenters. The lowest BCUT2D eigenvalue weighted by molar-refractivity contribution is 0.340. The summed E-state index contributed by atoms with van der Waals surface area (Å²) in [4.78, 5) is 1.02. The molecule has 0 N–H and O–H groups in total. The Morgan fingerprint density at radius 3 is 2.30 bits per heavy atom. The van der Waals surface area contributed by atoms with E-state index in [1.807, 2.05) is 31.2 Å². The number of rotatable bonds is 5. The third-order valence-electron chi connectivity index (χ3n) is 2.95. The molecule has 0 saturated carbocycles. The highest BCUT2D eigenvalue weighted by molar-refractivity contribution is 8.13. The minimum Gasteiger partial charge on any atom is -0.264 e. The highest BCUT2D eigenvalue weighted by Crippen LogP contribution is 2.21. The van der Waals surface area contributed by atoms with E-state index in [0.29, 0.717) is 5.04 Å². The van der Waals surface area contributed by atoms with Crippen LogP contribution in [0.5, 0.6) is 0 Å². The van der Waals surface area contributed by atoms with Crippen LogP contribution in [0.1, 0.15) is 18.1 Å². The second kappa shape index (κ2) is 7.48. The van der Waals surface area contributed by atoms with Crippen LogP contribution in [-0.2, 0) is 14.4 Å². The van der Waals surface area contributed by atoms with Crippen LogP contribution in [0.3, 0.4) is 0 Å². The molecule has 2 aromatic rings. The Kier molecular flexibility index (Phi) is 5.63. The van der Waals surface area contributed by atoms with Gasteiger partial charge in [0, 0.05) is 4.90 Å². The van der Waals surface area contributed by atoms with E-state index in [9.17, 15) is 8.42 Å². The zero-order valence-electron chi connectivity index (χ0n) is 12.9. The molecule has 2 rings (SSSR count). The van der Waals surface area contributed by atoms with Crippen molar-refractivity contribution in [3.8, 4) is 0 Å². The molecule has 0 heterocycles. The molecular formula is C17H17NO3S2. The third kappa shape index (κ3) is 4.97. The van der Waals surface area contributed by atoms with E-state index in [1.165, 1.54) is 23.9 Å². The molecule has 0 radical (unpaired) electrons. The molecule has 0 bridgehead atoms. The third-order valence-corrected chi connectivity index (χ3v) is 4.95. The summed E-state index contributed by atoms with van der Waals surface area (Å²) in [6.07, 6.45) is 1.64. The van der Waals surface area contributed by atoms with Crippen molar-refractivity contribution >= 4 is 33.0 Å². The van der Waals surface area contributed by atoms with Crippen LogP contribution < -0.4 is 0 Å². The fourth-order valence-electron chi connectivity index (χ4n) is 1.71. The quantitative estimate of drug-likeness (QED) is 0.347. The SMILES string of the molecule is C=Cc1ccc(S(=O)(=O)O/N=C(/C)Sc2ccc(C)cc2)cc1. The Morgan fingerprint density at radius 1 is 1.13 bits per heavy atom. The van der Waals surface area contributed by atoms with Crippen molar-refractivity contribution in [3.05, 3.63) is 66.2 Å². The molecule has 0 aliphatic carbocycles. The van der Waals surface area contributed by atoms with Gasteiger partial charge in [-0.2, -0.15) is 8.42 Å². The maximum atomic E-state index is 12.1. The average Bonchev–Trinajstić information content (AvgIpc) is 2.55. The second-order valence-corrected chi connectivity index (χ2v) is 7.62. The number of thioether (sulfide) groups is 1. The van der Waals surface area contributed by atoms with Crippen molar-refractivity contribution in [2.24, 2.45) is 5.16 Å². The number of aryl methyl sites for hydroxylation is 1. The van der Waals surface area contributed by atoms with Gasteiger partial charge in [0.2, 0.25) is 0 Å². The van der Waals surface area contributed by atoms with Crippen LogP contribution in [0.15, 0.2) is 70.1 Å². The van der Waals surface area contributed by atoms with Crippen LogP contribution in [0, 0.1) is 6.92 Å². The maximum Gasteiger partial charge on any atom is 0.358 e. The number of nitrogens with zero attached hydrogens (tertiary/aromatic N) is 1. The summed E-state index contributed by atoms with van der Waals surface area (Å²) in [6, 6.07) is 14.1. The van der Waals surface area contributed by atoms with Gasteiger partial charge >= 0.3 is 10.1 Å². The molecule has 120 valence electrons. The number of hydrogen-bond acceptors (Lipinski definition) is 5. The minimum atomic E-state index is -3.91. The Balaban J connectivity index is 2.06. The van der Waals surface area contributed by atoms with Crippen LogP contribution in [0.2, 0.25) is 0 Å². The van der Waals surface area contributed by atoms with E-state index in [1.54, 1.807) is 25.1 Å². The highest BCUT2D eigenvalue weighted by Gasteiger charge is 2.15. The summed E-state index contributed by atoms with van der Waals surface area (Å²) in [6.45, 7) is 7.32. The summed E-state index contributed by atoms with van der Waals surface area (Å²) in [5.74, 6) is 0. The van der Waals surface area contributed by atoms with Crippen LogP contribution in [0.4, 0.5) is 0 Å². The number of oxime groups is 1. The van der Waals surface area contributed by atoms with Gasteiger partial charge in [-0.25, -0.2) is 0 Å². The molecule has 0 aliphatic rings. The summed E-state index contributed by atoms with van der Waals surface area (Å²) in [5, 5.41) is 4.20. The molecule has 0 amide bonds. The van der Waals surface area contributed by atoms with Gasteiger partial charge in [0.25, 0.3) is 0 Å². The molecule has 0 aliphatic heterocycles. The highest BCUT2D eigenvalue weighted by atomic mass is 32.2. The molecule has 0 saturated heterocycles. The average molecular weight is 347 g/mol. The van der Waals surface area contributed by atoms with Gasteiger partial charge < -0.3 is 0 Å². The first-order valence-electron chi connectivity index (χ1n) is 6.86. The predicted octanol–water partition coefficient (Wildman–Crippen LogP) is 4.47. The number of hydrogen-bond donors (Lipinski definition) is 0. The molecule has 4 nitrogen and oxygen atoms in total. The Hall–Kier alpha value is -2.05. The standard InChI is InChI=1S/C17H17NO3S2/c1-4-15-7-11-17(12-8-15)23(19,20)21-18-14(3)22-16-9-5-13(2)6-10-16/h4-12H,1H2,2-3H3/b18-14-. The fourth-order valence-corrected chi connectivity index (χ4v) is 3.21. The summed E-state index contributed by atoms with van der Waals surface area (Å²) < 4.78 is 28.9. The predicted molar refractivity (Wildman–Crippen MR) is 94.9 cm³/mol. The molecule has 23 heavy (non-hydrogen) atoms. The van der Waals surface area contributed by atoms with Gasteiger partial charge in [-0.3, -0.25) is 4.28 Å². The lowest BCUT2D eigenvalue weighted by atomic mass is 10.2. The largest absolute Gasteiger partial charge is 0.358 e. The first-order valence-corrected chi connectivity index (χ1v) is 9.08. The summed E-state index contributed by atoms with van der Waals surface area (Å²) in [5.41, 5.74) is 1.99. The molecular weight excluding hydrogens is 330 g/mol. The Bertz CT molecular complexity index is 808. The van der Waals surface area contributed by atoms with Crippen molar-refractivity contribution in [3.63, 3.8) is 0 Å². The lowest BCUT2D eigenvalue weighted by Crippen LogP contribution is -2.03. The van der Waals surface area contributed by atoms with Crippen LogP contribution in [0.25, 0.3) is 6.08 Å². The van der Waals surface area contributed by atoms with Gasteiger partial charge in [-0.05, 0) is 43.7 Å². The van der Waals surface area contributed by atoms with E-state index >= 15 is 0 Å². The van der Waals surface area contributed by atoms with Gasteiger partial charge in [-0.1, -0.05) is 59.4 Å². The van der Waals surface area contributed by atoms with E-state index in [4.69, 9.17) is 4.28 Å². The zero-order valence-corrected chi connectivity index (χ0v) is 14.5. The van der Waals surface area contributed by atoms with E-state index < -0.39 is 10.1 Å². The Morgan fingerprint density at radius 2 is 1.74 bits per heavy atom. The van der Waals surface area contributed by atoms with E-state index in [-0.39, 0.29) is 4.90 Å². The van der Waals surface area contributed by atoms with Crippen molar-refractivity contribution in [2.45, 2.75) is 23.6 Å². The Labute approximate surface area is 141 Å². The minimum absolute atomic E-state index is 0.0555. The van der Waals surface area contributed by atoms with Crippen molar-refractivity contribution < 1.29 is 12.7 Å².